The molecule has 0 amide bonds. The smallest absolute Gasteiger partial charge is 0.214 e. The number of hydrogen-bond donors (Lipinski definition) is 1. The Kier molecular flexibility index (Phi) is 9.15. The molecule has 1 heterocycles. The molecule has 0 aliphatic heterocycles. The van der Waals surface area contributed by atoms with Crippen LogP contribution in [0.4, 0.5) is 0 Å². The van der Waals surface area contributed by atoms with Gasteiger partial charge in [0.25, 0.3) is 0 Å². The number of ketones is 1. The Morgan fingerprint density at radius 3 is 2.30 bits per heavy atom. The van der Waals surface area contributed by atoms with Crippen LogP contribution >= 0.6 is 0 Å². The van der Waals surface area contributed by atoms with Gasteiger partial charge in [0.15, 0.2) is 5.76 Å². The number of furan rings is 1. The molecule has 1 unspecified atom stereocenters. The van der Waals surface area contributed by atoms with Crippen LogP contribution in [0.15, 0.2) is 10.5 Å². The molecule has 1 N–H and O–H groups in total. The van der Waals surface area contributed by atoms with Crippen molar-refractivity contribution >= 4 is 17.9 Å². The molecule has 3 nitrogen and oxygen atoms in total. The average Bonchev–Trinajstić information content (AvgIpc) is 2.90. The molecule has 1 atom stereocenters. The summed E-state index contributed by atoms with van der Waals surface area (Å²) < 4.78 is 5.51. The fourth-order valence-corrected chi connectivity index (χ4v) is 1.60. The molecule has 1 rings (SSSR count). The van der Waals surface area contributed by atoms with Crippen LogP contribution in [0.5, 0.6) is 0 Å². The van der Waals surface area contributed by atoms with E-state index in [0.29, 0.717) is 5.76 Å². The zero-order chi connectivity index (χ0) is 15.5. The van der Waals surface area contributed by atoms with Gasteiger partial charge in [-0.3, -0.25) is 4.79 Å². The van der Waals surface area contributed by atoms with Crippen LogP contribution in [-0.2, 0) is 0 Å². The first kappa shape index (κ1) is 18.2. The highest BCUT2D eigenvalue weighted by molar-refractivity contribution is 5.97. The van der Waals surface area contributed by atoms with Gasteiger partial charge in [-0.15, -0.1) is 11.8 Å². The predicted octanol–water partition coefficient (Wildman–Crippen LogP) is 2.09. The number of likely N-dealkylation sites (N-methyl/N-ethyl adjacent to an activating group) is 1. The molecule has 110 valence electrons. The fourth-order valence-electron chi connectivity index (χ4n) is 1.60. The summed E-state index contributed by atoms with van der Waals surface area (Å²) in [5.74, 6) is 5.78. The zero-order valence-electron chi connectivity index (χ0n) is 13.3. The van der Waals surface area contributed by atoms with Crippen LogP contribution in [-0.4, -0.2) is 18.4 Å². The standard InChI is InChI=1S/C13H19NO2.C4H6/c1-5-10-8-12(16-11(10)6-2)13(15)9(4)14-7-3;1-3-4-2/h5-6,8-9,14H,7H2,1-4H3;1-2H3/b10-5-,11-6+;. The Labute approximate surface area is 121 Å². The second-order valence-corrected chi connectivity index (χ2v) is 4.15. The minimum Gasteiger partial charge on any atom is -0.453 e. The normalized spacial score (nSPS) is 13.1. The lowest BCUT2D eigenvalue weighted by molar-refractivity contribution is 0.0923. The van der Waals surface area contributed by atoms with Gasteiger partial charge in [0.2, 0.25) is 5.78 Å². The van der Waals surface area contributed by atoms with Gasteiger partial charge in [0, 0.05) is 5.22 Å². The minimum atomic E-state index is -0.203. The van der Waals surface area contributed by atoms with E-state index in [1.54, 1.807) is 6.07 Å². The van der Waals surface area contributed by atoms with Crippen molar-refractivity contribution in [2.75, 3.05) is 6.54 Å². The molecule has 1 aromatic heterocycles. The molecule has 20 heavy (non-hydrogen) atoms. The quantitative estimate of drug-likeness (QED) is 0.676. The first-order chi connectivity index (χ1) is 9.55. The number of hydrogen-bond acceptors (Lipinski definition) is 3. The van der Waals surface area contributed by atoms with E-state index in [2.05, 4.69) is 17.2 Å². The highest BCUT2D eigenvalue weighted by atomic mass is 16.3. The van der Waals surface area contributed by atoms with Crippen molar-refractivity contribution in [2.45, 2.75) is 47.6 Å². The Balaban J connectivity index is 0.000000796. The van der Waals surface area contributed by atoms with Gasteiger partial charge >= 0.3 is 0 Å². The SMILES string of the molecule is C/C=c1/cc(C(=O)C(C)NCC)o/c1=C/C.CC#CC. The molecule has 0 saturated carbocycles. The summed E-state index contributed by atoms with van der Waals surface area (Å²) >= 11 is 0. The molecule has 0 aliphatic carbocycles. The van der Waals surface area contributed by atoms with Crippen LogP contribution in [0, 0.1) is 11.8 Å². The molecule has 0 bridgehead atoms. The van der Waals surface area contributed by atoms with E-state index in [0.717, 1.165) is 17.2 Å². The monoisotopic (exact) mass is 275 g/mol. The van der Waals surface area contributed by atoms with Crippen LogP contribution in [0.2, 0.25) is 0 Å². The van der Waals surface area contributed by atoms with E-state index in [1.165, 1.54) is 0 Å². The van der Waals surface area contributed by atoms with Crippen LogP contribution < -0.4 is 16.0 Å². The molecule has 0 radical (unpaired) electrons. The summed E-state index contributed by atoms with van der Waals surface area (Å²) in [4.78, 5) is 11.9. The first-order valence-electron chi connectivity index (χ1n) is 6.89. The van der Waals surface area contributed by atoms with E-state index in [4.69, 9.17) is 4.42 Å². The van der Waals surface area contributed by atoms with Gasteiger partial charge in [-0.1, -0.05) is 13.0 Å². The van der Waals surface area contributed by atoms with Crippen molar-refractivity contribution in [3.05, 3.63) is 22.5 Å². The Hall–Kier alpha value is -1.79. The maximum absolute atomic E-state index is 11.9. The van der Waals surface area contributed by atoms with Crippen molar-refractivity contribution in [3.63, 3.8) is 0 Å². The van der Waals surface area contributed by atoms with Crippen molar-refractivity contribution < 1.29 is 9.21 Å². The van der Waals surface area contributed by atoms with Crippen LogP contribution in [0.1, 0.15) is 52.1 Å². The maximum Gasteiger partial charge on any atom is 0.214 e. The lowest BCUT2D eigenvalue weighted by Gasteiger charge is -2.08. The largest absolute Gasteiger partial charge is 0.453 e. The summed E-state index contributed by atoms with van der Waals surface area (Å²) in [6.07, 6.45) is 3.80. The van der Waals surface area contributed by atoms with Crippen molar-refractivity contribution in [1.29, 1.82) is 0 Å². The average molecular weight is 275 g/mol. The Morgan fingerprint density at radius 1 is 1.35 bits per heavy atom. The Bertz CT molecular complexity index is 547. The molecule has 0 spiro atoms. The maximum atomic E-state index is 11.9. The lowest BCUT2D eigenvalue weighted by atomic mass is 10.1. The molecule has 0 aliphatic rings. The number of rotatable bonds is 4. The second kappa shape index (κ2) is 10.1. The van der Waals surface area contributed by atoms with Gasteiger partial charge in [-0.2, -0.15) is 0 Å². The minimum absolute atomic E-state index is 0.00181. The molecular weight excluding hydrogens is 250 g/mol. The number of nitrogens with one attached hydrogen (secondary N) is 1. The van der Waals surface area contributed by atoms with Crippen molar-refractivity contribution in [1.82, 2.24) is 5.32 Å². The van der Waals surface area contributed by atoms with Gasteiger partial charge in [0.1, 0.15) is 5.42 Å². The number of carbonyl (C=O) groups excluding carboxylic acids is 1. The molecular formula is C17H25NO2. The summed E-state index contributed by atoms with van der Waals surface area (Å²) in [6, 6.07) is 1.59. The number of Topliss-reactive ketones (excluding diaryl/α,β-unsaturated/α-hetero) is 1. The summed E-state index contributed by atoms with van der Waals surface area (Å²) in [5, 5.41) is 4.05. The van der Waals surface area contributed by atoms with Crippen molar-refractivity contribution in [3.8, 4) is 11.8 Å². The highest BCUT2D eigenvalue weighted by Crippen LogP contribution is 1.99. The molecule has 3 heteroatoms. The summed E-state index contributed by atoms with van der Waals surface area (Å²) in [7, 11) is 0. The third kappa shape index (κ3) is 5.46. The highest BCUT2D eigenvalue weighted by Gasteiger charge is 2.17. The van der Waals surface area contributed by atoms with Gasteiger partial charge in [0.05, 0.1) is 6.04 Å². The Morgan fingerprint density at radius 2 is 1.95 bits per heavy atom. The van der Waals surface area contributed by atoms with E-state index in [1.807, 2.05) is 53.7 Å². The fraction of sp³-hybridized carbons (Fsp3) is 0.471. The zero-order valence-corrected chi connectivity index (χ0v) is 13.3. The third-order valence-electron chi connectivity index (χ3n) is 2.76. The topological polar surface area (TPSA) is 42.2 Å². The third-order valence-corrected chi connectivity index (χ3v) is 2.76. The van der Waals surface area contributed by atoms with Crippen LogP contribution in [0.25, 0.3) is 12.2 Å². The van der Waals surface area contributed by atoms with Crippen LogP contribution in [0.3, 0.4) is 0 Å². The first-order valence-corrected chi connectivity index (χ1v) is 6.89. The molecule has 0 fully saturated rings. The summed E-state index contributed by atoms with van der Waals surface area (Å²) in [5.41, 5.74) is 0.759. The summed E-state index contributed by atoms with van der Waals surface area (Å²) in [6.45, 7) is 12.1. The molecule has 0 aromatic carbocycles. The van der Waals surface area contributed by atoms with E-state index < -0.39 is 0 Å². The molecule has 0 saturated heterocycles. The second-order valence-electron chi connectivity index (χ2n) is 4.15. The van der Waals surface area contributed by atoms with Gasteiger partial charge in [-0.05, 0) is 53.3 Å². The molecule has 1 aromatic rings. The van der Waals surface area contributed by atoms with E-state index >= 15 is 0 Å². The predicted molar refractivity (Wildman–Crippen MR) is 84.8 cm³/mol. The van der Waals surface area contributed by atoms with Gasteiger partial charge in [-0.25, -0.2) is 0 Å². The van der Waals surface area contributed by atoms with E-state index in [-0.39, 0.29) is 11.8 Å². The van der Waals surface area contributed by atoms with Crippen molar-refractivity contribution in [2.24, 2.45) is 0 Å². The number of carbonyl (C=O) groups is 1. The lowest BCUT2D eigenvalue weighted by Crippen LogP contribution is -2.33. The van der Waals surface area contributed by atoms with Gasteiger partial charge < -0.3 is 9.73 Å². The van der Waals surface area contributed by atoms with E-state index in [9.17, 15) is 4.79 Å².